The minimum atomic E-state index is -0.344. The number of fused-ring (bicyclic) bond motifs is 9. The number of allylic oxidation sites excluding steroid dienone is 2. The molecule has 6 atom stereocenters. The van der Waals surface area contributed by atoms with Crippen LogP contribution >= 0.6 is 0 Å². The van der Waals surface area contributed by atoms with E-state index >= 15 is 0 Å². The summed E-state index contributed by atoms with van der Waals surface area (Å²) in [5.74, 6) is 1.39. The van der Waals surface area contributed by atoms with Crippen LogP contribution in [-0.4, -0.2) is 33.2 Å². The van der Waals surface area contributed by atoms with E-state index in [0.29, 0.717) is 72.5 Å². The summed E-state index contributed by atoms with van der Waals surface area (Å²) in [6, 6.07) is 25.2. The van der Waals surface area contributed by atoms with E-state index in [1.807, 2.05) is 36.4 Å². The van der Waals surface area contributed by atoms with E-state index in [2.05, 4.69) is 52.8 Å². The molecule has 2 heterocycles. The predicted molar refractivity (Wildman–Crippen MR) is 235 cm³/mol. The Morgan fingerprint density at radius 2 is 1.25 bits per heavy atom. The van der Waals surface area contributed by atoms with Crippen molar-refractivity contribution in [2.45, 2.75) is 72.1 Å². The van der Waals surface area contributed by atoms with Crippen LogP contribution in [0.3, 0.4) is 0 Å². The van der Waals surface area contributed by atoms with Crippen molar-refractivity contribution in [3.63, 3.8) is 0 Å². The lowest BCUT2D eigenvalue weighted by molar-refractivity contribution is -0.0407. The largest absolute Gasteiger partial charge is 0.354 e. The lowest BCUT2D eigenvalue weighted by Gasteiger charge is -2.58. The topological polar surface area (TPSA) is 149 Å². The van der Waals surface area contributed by atoms with Crippen LogP contribution in [-0.2, 0) is 0 Å². The van der Waals surface area contributed by atoms with E-state index in [1.165, 1.54) is 5.57 Å². The van der Waals surface area contributed by atoms with Gasteiger partial charge in [0, 0.05) is 44.2 Å². The summed E-state index contributed by atoms with van der Waals surface area (Å²) in [7, 11) is 0. The van der Waals surface area contributed by atoms with E-state index < -0.39 is 0 Å². The van der Waals surface area contributed by atoms with Gasteiger partial charge in [0.05, 0.1) is 27.9 Å². The molecule has 10 nitrogen and oxygen atoms in total. The van der Waals surface area contributed by atoms with Gasteiger partial charge in [-0.05, 0) is 141 Å². The third-order valence-corrected chi connectivity index (χ3v) is 15.1. The normalized spacial score (nSPS) is 27.3. The lowest BCUT2D eigenvalue weighted by atomic mass is 9.46. The summed E-state index contributed by atoms with van der Waals surface area (Å²) in [4.78, 5) is 60.2. The highest BCUT2D eigenvalue weighted by atomic mass is 16.2. The smallest absolute Gasteiger partial charge is 0.273 e. The molecule has 10 rings (SSSR count). The van der Waals surface area contributed by atoms with Crippen molar-refractivity contribution in [1.29, 1.82) is 0 Å². The van der Waals surface area contributed by atoms with Crippen molar-refractivity contribution < 1.29 is 9.59 Å². The number of nitrogens with zero attached hydrogens (tertiary/aromatic N) is 2. The quantitative estimate of drug-likeness (QED) is 0.0784. The molecule has 0 saturated heterocycles. The molecule has 2 amide bonds. The number of aromatic amines is 2. The molecule has 2 aromatic heterocycles. The van der Waals surface area contributed by atoms with Gasteiger partial charge in [-0.3, -0.25) is 19.2 Å². The first-order chi connectivity index (χ1) is 28.5. The SMILES string of the molecule is C/C(=N\NC(=O)c1cccc2c(=O)c3ccccc3[nH]c12)C1CC[C@H]2[C@@H]3CCC4=C/C(=N\NC(=O)c5cccc6c(=O)c7ccccc7[nH]c56)CC[C@]4(C)[C@H]3CC[C@]12C. The predicted octanol–water partition coefficient (Wildman–Crippen LogP) is 9.15. The van der Waals surface area contributed by atoms with Gasteiger partial charge in [-0.2, -0.15) is 10.2 Å². The van der Waals surface area contributed by atoms with Crippen LogP contribution in [0.25, 0.3) is 43.6 Å². The molecule has 298 valence electrons. The third kappa shape index (κ3) is 5.89. The van der Waals surface area contributed by atoms with Crippen LogP contribution < -0.4 is 21.7 Å². The highest BCUT2D eigenvalue weighted by molar-refractivity contribution is 6.09. The maximum Gasteiger partial charge on any atom is 0.273 e. The van der Waals surface area contributed by atoms with Gasteiger partial charge in [0.15, 0.2) is 10.9 Å². The Balaban J connectivity index is 0.835. The van der Waals surface area contributed by atoms with Crippen LogP contribution in [0.4, 0.5) is 0 Å². The van der Waals surface area contributed by atoms with Gasteiger partial charge in [0.1, 0.15) is 0 Å². The Labute approximate surface area is 341 Å². The molecule has 1 unspecified atom stereocenters. The fourth-order valence-electron chi connectivity index (χ4n) is 12.1. The number of hydrogen-bond acceptors (Lipinski definition) is 6. The fourth-order valence-corrected chi connectivity index (χ4v) is 12.1. The molecule has 0 bridgehead atoms. The second-order valence-electron chi connectivity index (χ2n) is 17.9. The zero-order valence-corrected chi connectivity index (χ0v) is 33.7. The summed E-state index contributed by atoms with van der Waals surface area (Å²) in [5.41, 5.74) is 12.2. The Bertz CT molecular complexity index is 2980. The van der Waals surface area contributed by atoms with Gasteiger partial charge in [-0.25, -0.2) is 10.9 Å². The Hall–Kier alpha value is -6.16. The molecular formula is C49H48N6O4. The van der Waals surface area contributed by atoms with Crippen molar-refractivity contribution in [3.8, 4) is 0 Å². The third-order valence-electron chi connectivity index (χ3n) is 15.1. The molecule has 3 saturated carbocycles. The average molecular weight is 785 g/mol. The van der Waals surface area contributed by atoms with E-state index in [0.717, 1.165) is 62.8 Å². The van der Waals surface area contributed by atoms with Crippen LogP contribution in [0, 0.1) is 34.5 Å². The minimum absolute atomic E-state index is 0.0867. The summed E-state index contributed by atoms with van der Waals surface area (Å²) >= 11 is 0. The van der Waals surface area contributed by atoms with Crippen LogP contribution in [0.5, 0.6) is 0 Å². The minimum Gasteiger partial charge on any atom is -0.354 e. The number of amides is 2. The van der Waals surface area contributed by atoms with Gasteiger partial charge >= 0.3 is 0 Å². The Kier molecular flexibility index (Phi) is 8.81. The second-order valence-corrected chi connectivity index (χ2v) is 17.9. The Morgan fingerprint density at radius 1 is 0.661 bits per heavy atom. The maximum atomic E-state index is 13.6. The lowest BCUT2D eigenvalue weighted by Crippen LogP contribution is -2.51. The molecule has 0 radical (unpaired) electrons. The van der Waals surface area contributed by atoms with Crippen molar-refractivity contribution >= 4 is 66.8 Å². The molecule has 4 N–H and O–H groups in total. The number of carbonyl (C=O) groups is 2. The highest BCUT2D eigenvalue weighted by Crippen LogP contribution is 2.66. The molecule has 4 aliphatic carbocycles. The van der Waals surface area contributed by atoms with Gasteiger partial charge in [-0.15, -0.1) is 0 Å². The molecule has 10 heteroatoms. The molecule has 0 spiro atoms. The zero-order valence-electron chi connectivity index (χ0n) is 33.7. The highest BCUT2D eigenvalue weighted by Gasteiger charge is 2.59. The number of aromatic nitrogens is 2. The van der Waals surface area contributed by atoms with Crippen molar-refractivity contribution in [3.05, 3.63) is 128 Å². The number of para-hydroxylation sites is 4. The number of pyridine rings is 2. The first-order valence-electron chi connectivity index (χ1n) is 21.0. The molecule has 4 aromatic carbocycles. The standard InChI is InChI=1S/C49H48N6O4/c1-27(52-54-46(58)35-14-8-12-33-42(35)50-40-16-6-4-10-31(40)44(33)56)37-20-21-38-30-19-18-28-26-29(22-24-48(28,2)39(30)23-25-49(37,38)3)53-55-47(59)36-15-9-13-34-43(36)51-41-17-7-5-11-32(41)45(34)57/h4-17,26,30,37-39H,18-25H2,1-3H3,(H,50,56)(H,51,57)(H,54,58)(H,55,59)/b52-27+,53-29-/t30-,37?,38-,39-,48-,49+/m0/s1. The summed E-state index contributed by atoms with van der Waals surface area (Å²) in [5, 5.41) is 11.5. The number of H-pyrrole nitrogens is 2. The van der Waals surface area contributed by atoms with Crippen molar-refractivity contribution in [2.24, 2.45) is 44.7 Å². The number of rotatable bonds is 5. The molecule has 4 aliphatic rings. The van der Waals surface area contributed by atoms with E-state index in [9.17, 15) is 19.2 Å². The molecular weight excluding hydrogens is 737 g/mol. The summed E-state index contributed by atoms with van der Waals surface area (Å²) < 4.78 is 0. The molecule has 6 aromatic rings. The summed E-state index contributed by atoms with van der Waals surface area (Å²) in [6.45, 7) is 6.99. The molecule has 3 fully saturated rings. The second kappa shape index (κ2) is 14.0. The van der Waals surface area contributed by atoms with E-state index in [1.54, 1.807) is 48.5 Å². The fraction of sp³-hybridized carbons (Fsp3) is 0.347. The monoisotopic (exact) mass is 784 g/mol. The zero-order chi connectivity index (χ0) is 40.6. The van der Waals surface area contributed by atoms with Crippen LogP contribution in [0.2, 0.25) is 0 Å². The summed E-state index contributed by atoms with van der Waals surface area (Å²) in [6.07, 6.45) is 10.7. The first kappa shape index (κ1) is 37.1. The van der Waals surface area contributed by atoms with Crippen LogP contribution in [0.15, 0.2) is 116 Å². The first-order valence-corrected chi connectivity index (χ1v) is 21.0. The van der Waals surface area contributed by atoms with Crippen LogP contribution in [0.1, 0.15) is 92.9 Å². The van der Waals surface area contributed by atoms with Gasteiger partial charge < -0.3 is 9.97 Å². The van der Waals surface area contributed by atoms with Gasteiger partial charge in [0.2, 0.25) is 0 Å². The maximum absolute atomic E-state index is 13.6. The van der Waals surface area contributed by atoms with Crippen molar-refractivity contribution in [2.75, 3.05) is 0 Å². The van der Waals surface area contributed by atoms with E-state index in [4.69, 9.17) is 5.10 Å². The number of nitrogens with one attached hydrogen (secondary N) is 4. The van der Waals surface area contributed by atoms with Gasteiger partial charge in [0.25, 0.3) is 11.8 Å². The number of benzene rings is 4. The number of hydrazone groups is 2. The van der Waals surface area contributed by atoms with E-state index in [-0.39, 0.29) is 39.4 Å². The number of hydrogen-bond donors (Lipinski definition) is 4. The number of carbonyl (C=O) groups excluding carboxylic acids is 2. The molecule has 0 aliphatic heterocycles. The van der Waals surface area contributed by atoms with Crippen molar-refractivity contribution in [1.82, 2.24) is 20.8 Å². The van der Waals surface area contributed by atoms with Gasteiger partial charge in [-0.1, -0.05) is 55.8 Å². The average Bonchev–Trinajstić information content (AvgIpc) is 3.62. The molecule has 59 heavy (non-hydrogen) atoms. The Morgan fingerprint density at radius 3 is 1.90 bits per heavy atom.